The molecule has 10 nitrogen and oxygen atoms in total. The third-order valence-electron chi connectivity index (χ3n) is 5.56. The predicted octanol–water partition coefficient (Wildman–Crippen LogP) is 4.85. The van der Waals surface area contributed by atoms with Gasteiger partial charge in [0.2, 0.25) is 5.16 Å². The van der Waals surface area contributed by atoms with Crippen molar-refractivity contribution in [2.45, 2.75) is 30.3 Å². The first-order valence-corrected chi connectivity index (χ1v) is 12.2. The minimum atomic E-state index is -0.207. The van der Waals surface area contributed by atoms with Crippen molar-refractivity contribution in [2.75, 3.05) is 10.6 Å². The predicted molar refractivity (Wildman–Crippen MR) is 141 cm³/mol. The Morgan fingerprint density at radius 2 is 2.03 bits per heavy atom. The van der Waals surface area contributed by atoms with Crippen LogP contribution in [0.1, 0.15) is 34.4 Å². The maximum atomic E-state index is 13.0. The summed E-state index contributed by atoms with van der Waals surface area (Å²) in [6, 6.07) is 13.3. The molecule has 3 N–H and O–H groups in total. The van der Waals surface area contributed by atoms with Crippen LogP contribution in [0.4, 0.5) is 17.3 Å². The highest BCUT2D eigenvalue weighted by Crippen LogP contribution is 2.29. The fourth-order valence-corrected chi connectivity index (χ4v) is 4.63. The number of hydrogen-bond acceptors (Lipinski definition) is 7. The van der Waals surface area contributed by atoms with Crippen molar-refractivity contribution in [3.63, 3.8) is 0 Å². The van der Waals surface area contributed by atoms with E-state index in [1.54, 1.807) is 15.3 Å². The third kappa shape index (κ3) is 4.60. The van der Waals surface area contributed by atoms with Crippen molar-refractivity contribution >= 4 is 46.6 Å². The maximum Gasteiger partial charge on any atom is 0.259 e. The number of nitrogens with zero attached hydrogens (tertiary/aromatic N) is 6. The minimum Gasteiger partial charge on any atom is -0.322 e. The topological polar surface area (TPSA) is 118 Å². The number of nitrogens with one attached hydrogen (secondary N) is 3. The van der Waals surface area contributed by atoms with E-state index in [9.17, 15) is 4.79 Å². The molecule has 0 atom stereocenters. The van der Waals surface area contributed by atoms with Crippen LogP contribution in [-0.2, 0) is 13.5 Å². The summed E-state index contributed by atoms with van der Waals surface area (Å²) < 4.78 is 3.46. The van der Waals surface area contributed by atoms with Crippen LogP contribution in [0.2, 0.25) is 0 Å². The van der Waals surface area contributed by atoms with Crippen LogP contribution >= 0.6 is 11.8 Å². The lowest BCUT2D eigenvalue weighted by atomic mass is 10.1. The SMILES string of the molecule is C=Cc1c(C(=O)Nc2ccc(Sc3nc(Nc4cc(C)[nH]n4)c4cccn4n3)cc2)c(CC)nn1C. The largest absolute Gasteiger partial charge is 0.322 e. The van der Waals surface area contributed by atoms with Gasteiger partial charge in [-0.2, -0.15) is 10.2 Å². The number of carbonyl (C=O) groups excluding carboxylic acids is 1. The van der Waals surface area contributed by atoms with Crippen molar-refractivity contribution in [3.05, 3.63) is 77.9 Å². The maximum absolute atomic E-state index is 13.0. The molecule has 0 aliphatic heterocycles. The van der Waals surface area contributed by atoms with Crippen LogP contribution in [0.3, 0.4) is 0 Å². The Morgan fingerprint density at radius 1 is 1.22 bits per heavy atom. The molecule has 0 saturated carbocycles. The van der Waals surface area contributed by atoms with Gasteiger partial charge >= 0.3 is 0 Å². The van der Waals surface area contributed by atoms with Gasteiger partial charge in [-0.15, -0.1) is 5.10 Å². The van der Waals surface area contributed by atoms with Gasteiger partial charge < -0.3 is 10.6 Å². The van der Waals surface area contributed by atoms with Crippen LogP contribution in [0.25, 0.3) is 11.6 Å². The third-order valence-corrected chi connectivity index (χ3v) is 6.43. The van der Waals surface area contributed by atoms with E-state index in [2.05, 4.69) is 37.6 Å². The van der Waals surface area contributed by atoms with Gasteiger partial charge in [0.1, 0.15) is 5.52 Å². The Hall–Kier alpha value is -4.38. The normalized spacial score (nSPS) is 11.1. The number of aryl methyl sites for hydroxylation is 3. The van der Waals surface area contributed by atoms with Crippen LogP contribution in [0, 0.1) is 6.92 Å². The standard InChI is InChI=1S/C25H25N9OS/c1-5-18-22(19(6-2)33(4)31-18)24(35)26-16-9-11-17(12-10-16)36-25-28-23(20-8-7-13-34(20)32-25)27-21-14-15(3)29-30-21/h6-14H,2,5H2,1,3-4H3,(H,26,35)(H2,27,28,29,30,32). The molecule has 4 aromatic heterocycles. The fourth-order valence-electron chi connectivity index (χ4n) is 3.88. The van der Waals surface area contributed by atoms with Crippen LogP contribution in [0.15, 0.2) is 65.3 Å². The Balaban J connectivity index is 1.34. The van der Waals surface area contributed by atoms with Crippen LogP contribution in [-0.4, -0.2) is 40.5 Å². The number of carbonyl (C=O) groups is 1. The molecule has 0 bridgehead atoms. The Kier molecular flexibility index (Phi) is 6.30. The highest BCUT2D eigenvalue weighted by atomic mass is 32.2. The molecule has 0 fully saturated rings. The summed E-state index contributed by atoms with van der Waals surface area (Å²) in [7, 11) is 1.81. The zero-order valence-corrected chi connectivity index (χ0v) is 20.9. The molecular formula is C25H25N9OS. The monoisotopic (exact) mass is 499 g/mol. The number of hydrogen-bond donors (Lipinski definition) is 3. The lowest BCUT2D eigenvalue weighted by molar-refractivity contribution is 0.102. The van der Waals surface area contributed by atoms with Crippen molar-refractivity contribution < 1.29 is 4.79 Å². The van der Waals surface area contributed by atoms with Crippen molar-refractivity contribution in [3.8, 4) is 0 Å². The van der Waals surface area contributed by atoms with Gasteiger partial charge in [-0.05, 0) is 67.6 Å². The highest BCUT2D eigenvalue weighted by molar-refractivity contribution is 7.99. The summed E-state index contributed by atoms with van der Waals surface area (Å²) in [5.74, 6) is 1.14. The molecule has 182 valence electrons. The summed E-state index contributed by atoms with van der Waals surface area (Å²) in [6.45, 7) is 7.74. The van der Waals surface area contributed by atoms with Gasteiger partial charge in [-0.3, -0.25) is 14.6 Å². The number of anilines is 3. The summed E-state index contributed by atoms with van der Waals surface area (Å²) in [5, 5.41) is 23.0. The molecule has 0 aliphatic rings. The van der Waals surface area contributed by atoms with Crippen LogP contribution in [0.5, 0.6) is 0 Å². The van der Waals surface area contributed by atoms with E-state index in [1.807, 2.05) is 69.6 Å². The number of H-pyrrole nitrogens is 1. The van der Waals surface area contributed by atoms with E-state index >= 15 is 0 Å². The van der Waals surface area contributed by atoms with E-state index in [0.717, 1.165) is 21.8 Å². The summed E-state index contributed by atoms with van der Waals surface area (Å²) in [5.41, 5.74) is 4.47. The number of aromatic nitrogens is 7. The zero-order chi connectivity index (χ0) is 25.2. The van der Waals surface area contributed by atoms with Gasteiger partial charge in [-0.1, -0.05) is 13.5 Å². The lowest BCUT2D eigenvalue weighted by Gasteiger charge is -2.09. The summed E-state index contributed by atoms with van der Waals surface area (Å²) >= 11 is 1.42. The van der Waals surface area contributed by atoms with Gasteiger partial charge in [0, 0.05) is 35.6 Å². The first-order chi connectivity index (χ1) is 17.4. The molecule has 5 aromatic rings. The molecule has 0 saturated heterocycles. The van der Waals surface area contributed by atoms with Gasteiger partial charge in [-0.25, -0.2) is 9.50 Å². The molecule has 0 aliphatic carbocycles. The van der Waals surface area contributed by atoms with E-state index in [0.29, 0.717) is 40.2 Å². The first-order valence-electron chi connectivity index (χ1n) is 11.4. The fraction of sp³-hybridized carbons (Fsp3) is 0.160. The first kappa shape index (κ1) is 23.4. The quantitative estimate of drug-likeness (QED) is 0.279. The molecule has 0 unspecified atom stereocenters. The summed E-state index contributed by atoms with van der Waals surface area (Å²) in [6.07, 6.45) is 4.18. The number of rotatable bonds is 8. The van der Waals surface area contributed by atoms with Crippen molar-refractivity contribution in [2.24, 2.45) is 7.05 Å². The molecule has 11 heteroatoms. The molecular weight excluding hydrogens is 474 g/mol. The lowest BCUT2D eigenvalue weighted by Crippen LogP contribution is -2.14. The molecule has 0 spiro atoms. The van der Waals surface area contributed by atoms with Crippen molar-refractivity contribution in [1.29, 1.82) is 0 Å². The smallest absolute Gasteiger partial charge is 0.259 e. The second-order valence-corrected chi connectivity index (χ2v) is 9.15. The highest BCUT2D eigenvalue weighted by Gasteiger charge is 2.20. The summed E-state index contributed by atoms with van der Waals surface area (Å²) in [4.78, 5) is 18.6. The zero-order valence-electron chi connectivity index (χ0n) is 20.1. The average Bonchev–Trinajstić information content (AvgIpc) is 3.58. The number of benzene rings is 1. The van der Waals surface area contributed by atoms with Gasteiger partial charge in [0.05, 0.1) is 17.0 Å². The molecule has 1 aromatic carbocycles. The van der Waals surface area contributed by atoms with Crippen molar-refractivity contribution in [1.82, 2.24) is 34.6 Å². The molecule has 4 heterocycles. The minimum absolute atomic E-state index is 0.207. The molecule has 36 heavy (non-hydrogen) atoms. The average molecular weight is 500 g/mol. The second-order valence-electron chi connectivity index (χ2n) is 8.11. The van der Waals surface area contributed by atoms with E-state index < -0.39 is 0 Å². The second kappa shape index (κ2) is 9.70. The molecule has 1 amide bonds. The Labute approximate surface area is 211 Å². The van der Waals surface area contributed by atoms with E-state index in [-0.39, 0.29) is 5.91 Å². The van der Waals surface area contributed by atoms with Gasteiger partial charge in [0.15, 0.2) is 11.6 Å². The Bertz CT molecular complexity index is 1560. The van der Waals surface area contributed by atoms with E-state index in [1.165, 1.54) is 11.8 Å². The Morgan fingerprint density at radius 3 is 2.72 bits per heavy atom. The number of amides is 1. The molecule has 5 rings (SSSR count). The number of fused-ring (bicyclic) bond motifs is 1. The van der Waals surface area contributed by atoms with E-state index in [4.69, 9.17) is 4.98 Å². The van der Waals surface area contributed by atoms with Crippen LogP contribution < -0.4 is 10.6 Å². The molecule has 0 radical (unpaired) electrons. The number of aromatic amines is 1. The van der Waals surface area contributed by atoms with Gasteiger partial charge in [0.25, 0.3) is 5.91 Å².